The van der Waals surface area contributed by atoms with E-state index in [0.29, 0.717) is 12.1 Å². The minimum Gasteiger partial charge on any atom is -0.497 e. The molecule has 0 aliphatic carbocycles. The van der Waals surface area contributed by atoms with Crippen LogP contribution in [0.15, 0.2) is 72.8 Å². The van der Waals surface area contributed by atoms with Crippen LogP contribution in [-0.2, 0) is 4.79 Å². The average molecular weight is 485 g/mol. The molecule has 2 aliphatic rings. The molecular formula is C29H25FN2O4. The van der Waals surface area contributed by atoms with E-state index in [0.717, 1.165) is 22.4 Å². The number of carbonyl (C=O) groups excluding carboxylic acids is 2. The van der Waals surface area contributed by atoms with E-state index in [9.17, 15) is 19.1 Å². The molecule has 0 saturated carbocycles. The van der Waals surface area contributed by atoms with Gasteiger partial charge < -0.3 is 19.6 Å². The summed E-state index contributed by atoms with van der Waals surface area (Å²) < 4.78 is 18.4. The summed E-state index contributed by atoms with van der Waals surface area (Å²) in [5.74, 6) is 6.03. The highest BCUT2D eigenvalue weighted by atomic mass is 19.1. The SMILES string of the molecule is COc1ccc(C#Cc2ccc([C@@H]3[C@H]4CN(C(=O)c5ccc(F)cc5)CC(=O)N4[C@H]3CO)cc2)cc1. The van der Waals surface area contributed by atoms with Gasteiger partial charge in [-0.15, -0.1) is 0 Å². The van der Waals surface area contributed by atoms with Crippen LogP contribution in [0.5, 0.6) is 5.75 Å². The fraction of sp³-hybridized carbons (Fsp3) is 0.241. The van der Waals surface area contributed by atoms with Gasteiger partial charge in [-0.2, -0.15) is 0 Å². The van der Waals surface area contributed by atoms with Gasteiger partial charge in [0.25, 0.3) is 5.91 Å². The first-order valence-corrected chi connectivity index (χ1v) is 11.7. The van der Waals surface area contributed by atoms with Crippen LogP contribution in [0.3, 0.4) is 0 Å². The van der Waals surface area contributed by atoms with Crippen molar-refractivity contribution in [2.24, 2.45) is 0 Å². The van der Waals surface area contributed by atoms with Crippen LogP contribution in [0, 0.1) is 17.7 Å². The molecule has 7 heteroatoms. The lowest BCUT2D eigenvalue weighted by Crippen LogP contribution is -2.73. The first-order chi connectivity index (χ1) is 17.5. The summed E-state index contributed by atoms with van der Waals surface area (Å²) in [6.45, 7) is 0.135. The summed E-state index contributed by atoms with van der Waals surface area (Å²) >= 11 is 0. The normalized spacial score (nSPS) is 20.6. The van der Waals surface area contributed by atoms with Gasteiger partial charge in [-0.25, -0.2) is 4.39 Å². The van der Waals surface area contributed by atoms with Crippen LogP contribution in [0.2, 0.25) is 0 Å². The number of halogens is 1. The van der Waals surface area contributed by atoms with E-state index < -0.39 is 5.82 Å². The van der Waals surface area contributed by atoms with Crippen molar-refractivity contribution in [1.29, 1.82) is 0 Å². The van der Waals surface area contributed by atoms with Crippen LogP contribution in [0.4, 0.5) is 4.39 Å². The van der Waals surface area contributed by atoms with Gasteiger partial charge in [0.15, 0.2) is 0 Å². The lowest BCUT2D eigenvalue weighted by Gasteiger charge is -2.58. The number of hydrogen-bond acceptors (Lipinski definition) is 4. The van der Waals surface area contributed by atoms with Crippen molar-refractivity contribution in [3.63, 3.8) is 0 Å². The van der Waals surface area contributed by atoms with Gasteiger partial charge >= 0.3 is 0 Å². The summed E-state index contributed by atoms with van der Waals surface area (Å²) in [6, 6.07) is 20.1. The van der Waals surface area contributed by atoms with Gasteiger partial charge in [-0.3, -0.25) is 9.59 Å². The van der Waals surface area contributed by atoms with Crippen LogP contribution in [0.1, 0.15) is 33.0 Å². The molecule has 1 N–H and O–H groups in total. The van der Waals surface area contributed by atoms with Crippen LogP contribution in [-0.4, -0.2) is 65.6 Å². The predicted octanol–water partition coefficient (Wildman–Crippen LogP) is 3.05. The van der Waals surface area contributed by atoms with Crippen molar-refractivity contribution in [1.82, 2.24) is 9.80 Å². The summed E-state index contributed by atoms with van der Waals surface area (Å²) in [6.07, 6.45) is 0. The Morgan fingerprint density at radius 2 is 1.61 bits per heavy atom. The van der Waals surface area contributed by atoms with Gasteiger partial charge in [0, 0.05) is 29.2 Å². The second-order valence-electron chi connectivity index (χ2n) is 8.94. The fourth-order valence-corrected chi connectivity index (χ4v) is 5.04. The van der Waals surface area contributed by atoms with Crippen molar-refractivity contribution >= 4 is 11.8 Å². The lowest BCUT2D eigenvalue weighted by molar-refractivity contribution is -0.159. The second kappa shape index (κ2) is 9.84. The molecule has 182 valence electrons. The Bertz CT molecular complexity index is 1330. The quantitative estimate of drug-likeness (QED) is 0.578. The number of ether oxygens (including phenoxy) is 1. The number of fused-ring (bicyclic) bond motifs is 1. The molecule has 2 amide bonds. The third kappa shape index (κ3) is 4.43. The van der Waals surface area contributed by atoms with Gasteiger partial charge in [-0.1, -0.05) is 24.0 Å². The molecule has 3 atom stereocenters. The van der Waals surface area contributed by atoms with E-state index in [1.807, 2.05) is 48.5 Å². The Labute approximate surface area is 208 Å². The maximum Gasteiger partial charge on any atom is 0.254 e. The second-order valence-corrected chi connectivity index (χ2v) is 8.94. The van der Waals surface area contributed by atoms with E-state index in [1.54, 1.807) is 12.0 Å². The molecule has 36 heavy (non-hydrogen) atoms. The molecule has 3 aromatic carbocycles. The molecule has 2 heterocycles. The fourth-order valence-electron chi connectivity index (χ4n) is 5.04. The van der Waals surface area contributed by atoms with Gasteiger partial charge in [-0.05, 0) is 66.2 Å². The molecule has 6 nitrogen and oxygen atoms in total. The Kier molecular flexibility index (Phi) is 6.45. The minimum absolute atomic E-state index is 0.0597. The topological polar surface area (TPSA) is 70.1 Å². The van der Waals surface area contributed by atoms with E-state index in [2.05, 4.69) is 11.8 Å². The van der Waals surface area contributed by atoms with Crippen molar-refractivity contribution in [2.75, 3.05) is 26.8 Å². The van der Waals surface area contributed by atoms with Crippen LogP contribution >= 0.6 is 0 Å². The molecule has 3 aromatic rings. The Balaban J connectivity index is 1.32. The molecular weight excluding hydrogens is 459 g/mol. The first kappa shape index (κ1) is 23.6. The Morgan fingerprint density at radius 3 is 2.19 bits per heavy atom. The highest BCUT2D eigenvalue weighted by Crippen LogP contribution is 2.43. The zero-order valence-electron chi connectivity index (χ0n) is 19.7. The van der Waals surface area contributed by atoms with Crippen molar-refractivity contribution in [3.05, 3.63) is 101 Å². The largest absolute Gasteiger partial charge is 0.497 e. The standard InChI is InChI=1S/C29H25FN2O4/c1-36-24-14-6-20(7-15-24)3-2-19-4-8-21(9-5-19)28-25-16-31(17-27(34)32(25)26(28)18-33)29(35)22-10-12-23(30)13-11-22/h4-15,25-26,28,33H,16-18H2,1H3/t25-,26+,28-/m1/s1. The molecule has 0 bridgehead atoms. The predicted molar refractivity (Wildman–Crippen MR) is 132 cm³/mol. The molecule has 0 unspecified atom stereocenters. The molecule has 0 aromatic heterocycles. The van der Waals surface area contributed by atoms with Crippen LogP contribution < -0.4 is 4.74 Å². The zero-order chi connectivity index (χ0) is 25.2. The molecule has 5 rings (SSSR count). The number of carbonyl (C=O) groups is 2. The number of aliphatic hydroxyl groups is 1. The number of hydrogen-bond donors (Lipinski definition) is 1. The van der Waals surface area contributed by atoms with Gasteiger partial charge in [0.2, 0.25) is 5.91 Å². The minimum atomic E-state index is -0.422. The van der Waals surface area contributed by atoms with E-state index in [4.69, 9.17) is 4.74 Å². The summed E-state index contributed by atoms with van der Waals surface area (Å²) in [5, 5.41) is 10.0. The highest BCUT2D eigenvalue weighted by molar-refractivity contribution is 5.97. The number of methoxy groups -OCH3 is 1. The number of rotatable bonds is 4. The van der Waals surface area contributed by atoms with Crippen molar-refractivity contribution < 1.29 is 23.8 Å². The van der Waals surface area contributed by atoms with E-state index in [1.165, 1.54) is 29.2 Å². The zero-order valence-corrected chi connectivity index (χ0v) is 19.7. The van der Waals surface area contributed by atoms with Gasteiger partial charge in [0.05, 0.1) is 25.8 Å². The maximum atomic E-state index is 13.3. The number of amides is 2. The smallest absolute Gasteiger partial charge is 0.254 e. The summed E-state index contributed by atoms with van der Waals surface area (Å²) in [7, 11) is 1.62. The molecule has 2 saturated heterocycles. The first-order valence-electron chi connectivity index (χ1n) is 11.7. The summed E-state index contributed by atoms with van der Waals surface area (Å²) in [4.78, 5) is 29.0. The number of benzene rings is 3. The van der Waals surface area contributed by atoms with Crippen LogP contribution in [0.25, 0.3) is 0 Å². The third-order valence-corrected chi connectivity index (χ3v) is 6.87. The molecule has 0 spiro atoms. The highest BCUT2D eigenvalue weighted by Gasteiger charge is 2.54. The maximum absolute atomic E-state index is 13.3. The average Bonchev–Trinajstić information content (AvgIpc) is 2.89. The number of aliphatic hydroxyl groups excluding tert-OH is 1. The number of piperazine rings is 1. The van der Waals surface area contributed by atoms with E-state index >= 15 is 0 Å². The van der Waals surface area contributed by atoms with Crippen molar-refractivity contribution in [2.45, 2.75) is 18.0 Å². The van der Waals surface area contributed by atoms with E-state index in [-0.39, 0.29) is 43.0 Å². The monoisotopic (exact) mass is 484 g/mol. The Morgan fingerprint density at radius 1 is 1.00 bits per heavy atom. The molecule has 2 fully saturated rings. The molecule has 0 radical (unpaired) electrons. The lowest BCUT2D eigenvalue weighted by atomic mass is 9.73. The van der Waals surface area contributed by atoms with Crippen molar-refractivity contribution in [3.8, 4) is 17.6 Å². The van der Waals surface area contributed by atoms with Gasteiger partial charge in [0.1, 0.15) is 18.1 Å². The third-order valence-electron chi connectivity index (χ3n) is 6.87. The number of nitrogens with zero attached hydrogens (tertiary/aromatic N) is 2. The summed E-state index contributed by atoms with van der Waals surface area (Å²) in [5.41, 5.74) is 3.04. The molecule has 2 aliphatic heterocycles. The Hall–Kier alpha value is -4.15.